The molecule has 9 heteroatoms. The van der Waals surface area contributed by atoms with E-state index in [1.54, 1.807) is 43.5 Å². The van der Waals surface area contributed by atoms with Gasteiger partial charge in [-0.2, -0.15) is 5.10 Å². The lowest BCUT2D eigenvalue weighted by atomic mass is 10.2. The molecule has 0 atom stereocenters. The molecule has 0 aliphatic carbocycles. The Bertz CT molecular complexity index is 837. The summed E-state index contributed by atoms with van der Waals surface area (Å²) in [6.07, 6.45) is 1.39. The number of esters is 1. The van der Waals surface area contributed by atoms with Crippen LogP contribution in [-0.2, 0) is 0 Å². The third-order valence-corrected chi connectivity index (χ3v) is 3.96. The van der Waals surface area contributed by atoms with Crippen molar-refractivity contribution in [2.45, 2.75) is 0 Å². The molecule has 2 amide bonds. The fraction of sp³-hybridized carbons (Fsp3) is 0.118. The van der Waals surface area contributed by atoms with Crippen LogP contribution in [0.25, 0.3) is 0 Å². The quantitative estimate of drug-likeness (QED) is 0.222. The first-order valence-electron chi connectivity index (χ1n) is 7.27. The summed E-state index contributed by atoms with van der Waals surface area (Å²) in [6.45, 7) is 0. The lowest BCUT2D eigenvalue weighted by Crippen LogP contribution is -2.24. The Kier molecular flexibility index (Phi) is 6.78. The van der Waals surface area contributed by atoms with E-state index in [9.17, 15) is 9.59 Å². The average Bonchev–Trinajstić information content (AvgIpc) is 2.63. The van der Waals surface area contributed by atoms with Crippen LogP contribution in [0, 0.1) is 3.57 Å². The fourth-order valence-corrected chi connectivity index (χ4v) is 2.70. The topological polar surface area (TPSA) is 112 Å². The van der Waals surface area contributed by atoms with Crippen molar-refractivity contribution >= 4 is 40.8 Å². The molecule has 0 aliphatic heterocycles. The number of halogens is 1. The molecule has 2 aromatic carbocycles. The Morgan fingerprint density at radius 3 is 2.42 bits per heavy atom. The molecule has 0 unspecified atom stereocenters. The largest absolute Gasteiger partial charge is 0.497 e. The number of hydrazone groups is 1. The molecule has 0 heterocycles. The predicted octanol–water partition coefficient (Wildman–Crippen LogP) is 2.53. The van der Waals surface area contributed by atoms with Crippen molar-refractivity contribution in [3.8, 4) is 17.2 Å². The Morgan fingerprint density at radius 1 is 1.15 bits per heavy atom. The van der Waals surface area contributed by atoms with Gasteiger partial charge in [0.25, 0.3) is 0 Å². The van der Waals surface area contributed by atoms with Crippen molar-refractivity contribution in [3.63, 3.8) is 0 Å². The number of ether oxygens (including phenoxy) is 3. The summed E-state index contributed by atoms with van der Waals surface area (Å²) in [5.41, 5.74) is 8.04. The average molecular weight is 469 g/mol. The molecule has 0 radical (unpaired) electrons. The highest BCUT2D eigenvalue weighted by molar-refractivity contribution is 14.1. The number of urea groups is 1. The van der Waals surface area contributed by atoms with E-state index in [4.69, 9.17) is 19.9 Å². The molecular formula is C17H16IN3O5. The van der Waals surface area contributed by atoms with Crippen LogP contribution in [0.2, 0.25) is 0 Å². The van der Waals surface area contributed by atoms with Gasteiger partial charge in [0.2, 0.25) is 0 Å². The molecule has 8 nitrogen and oxygen atoms in total. The van der Waals surface area contributed by atoms with Crippen LogP contribution in [-0.4, -0.2) is 32.4 Å². The van der Waals surface area contributed by atoms with Crippen molar-refractivity contribution in [2.75, 3.05) is 14.2 Å². The Balaban J connectivity index is 2.23. The third-order valence-electron chi connectivity index (χ3n) is 3.16. The number of nitrogens with one attached hydrogen (secondary N) is 1. The van der Waals surface area contributed by atoms with Gasteiger partial charge in [-0.25, -0.2) is 15.0 Å². The highest BCUT2D eigenvalue weighted by atomic mass is 127. The van der Waals surface area contributed by atoms with Gasteiger partial charge >= 0.3 is 12.0 Å². The molecule has 136 valence electrons. The van der Waals surface area contributed by atoms with E-state index in [0.29, 0.717) is 26.2 Å². The lowest BCUT2D eigenvalue weighted by Gasteiger charge is -2.12. The van der Waals surface area contributed by atoms with Crippen molar-refractivity contribution in [2.24, 2.45) is 10.8 Å². The lowest BCUT2D eigenvalue weighted by molar-refractivity contribution is 0.0728. The Morgan fingerprint density at radius 2 is 1.85 bits per heavy atom. The maximum Gasteiger partial charge on any atom is 0.343 e. The van der Waals surface area contributed by atoms with Gasteiger partial charge in [-0.1, -0.05) is 0 Å². The van der Waals surface area contributed by atoms with E-state index in [1.807, 2.05) is 22.6 Å². The third kappa shape index (κ3) is 5.09. The molecule has 0 bridgehead atoms. The number of rotatable bonds is 6. The van der Waals surface area contributed by atoms with Crippen molar-refractivity contribution < 1.29 is 23.8 Å². The first kappa shape index (κ1) is 19.5. The van der Waals surface area contributed by atoms with E-state index in [-0.39, 0.29) is 5.75 Å². The second-order valence-electron chi connectivity index (χ2n) is 4.89. The van der Waals surface area contributed by atoms with Crippen LogP contribution in [0.3, 0.4) is 0 Å². The first-order valence-corrected chi connectivity index (χ1v) is 8.34. The summed E-state index contributed by atoms with van der Waals surface area (Å²) >= 11 is 2.01. The minimum absolute atomic E-state index is 0.286. The molecule has 0 saturated heterocycles. The van der Waals surface area contributed by atoms with Gasteiger partial charge in [-0.15, -0.1) is 0 Å². The predicted molar refractivity (Wildman–Crippen MR) is 104 cm³/mol. The molecule has 3 N–H and O–H groups in total. The molecular weight excluding hydrogens is 453 g/mol. The number of primary amides is 1. The van der Waals surface area contributed by atoms with Crippen molar-refractivity contribution in [3.05, 3.63) is 51.1 Å². The molecule has 0 aliphatic rings. The van der Waals surface area contributed by atoms with Gasteiger partial charge in [0.15, 0.2) is 11.5 Å². The minimum Gasteiger partial charge on any atom is -0.497 e. The maximum atomic E-state index is 12.4. The Labute approximate surface area is 163 Å². The van der Waals surface area contributed by atoms with Crippen LogP contribution in [0.4, 0.5) is 4.79 Å². The summed E-state index contributed by atoms with van der Waals surface area (Å²) in [6, 6.07) is 9.12. The number of hydrogen-bond acceptors (Lipinski definition) is 6. The number of benzene rings is 2. The zero-order chi connectivity index (χ0) is 19.1. The van der Waals surface area contributed by atoms with E-state index in [1.165, 1.54) is 13.3 Å². The first-order chi connectivity index (χ1) is 12.4. The van der Waals surface area contributed by atoms with Gasteiger partial charge in [0.1, 0.15) is 5.75 Å². The minimum atomic E-state index is -0.770. The number of nitrogens with zero attached hydrogens (tertiary/aromatic N) is 1. The molecule has 2 aromatic rings. The number of carbonyl (C=O) groups excluding carboxylic acids is 2. The smallest absolute Gasteiger partial charge is 0.343 e. The summed E-state index contributed by atoms with van der Waals surface area (Å²) < 4.78 is 16.5. The van der Waals surface area contributed by atoms with Gasteiger partial charge < -0.3 is 19.9 Å². The van der Waals surface area contributed by atoms with Crippen LogP contribution in [0.1, 0.15) is 15.9 Å². The van der Waals surface area contributed by atoms with E-state index in [2.05, 4.69) is 10.5 Å². The maximum absolute atomic E-state index is 12.4. The van der Waals surface area contributed by atoms with Crippen molar-refractivity contribution in [1.82, 2.24) is 5.43 Å². The molecule has 0 saturated carbocycles. The number of amides is 2. The normalized spacial score (nSPS) is 10.4. The summed E-state index contributed by atoms with van der Waals surface area (Å²) in [5, 5.41) is 3.68. The SMILES string of the molecule is COc1ccc(C(=O)Oc2c(I)cc(/C=N\NC(N)=O)cc2OC)cc1. The molecule has 26 heavy (non-hydrogen) atoms. The van der Waals surface area contributed by atoms with Crippen molar-refractivity contribution in [1.29, 1.82) is 0 Å². The van der Waals surface area contributed by atoms with Crippen LogP contribution >= 0.6 is 22.6 Å². The molecule has 2 rings (SSSR count). The summed E-state index contributed by atoms with van der Waals surface area (Å²) in [7, 11) is 3.00. The van der Waals surface area contributed by atoms with E-state index >= 15 is 0 Å². The summed E-state index contributed by atoms with van der Waals surface area (Å²) in [5.74, 6) is 0.746. The van der Waals surface area contributed by atoms with Gasteiger partial charge in [-0.3, -0.25) is 0 Å². The highest BCUT2D eigenvalue weighted by Crippen LogP contribution is 2.34. The number of nitrogens with two attached hydrogens (primary N) is 1. The molecule has 0 fully saturated rings. The van der Waals surface area contributed by atoms with Crippen LogP contribution in [0.15, 0.2) is 41.5 Å². The van der Waals surface area contributed by atoms with Crippen LogP contribution in [0.5, 0.6) is 17.2 Å². The van der Waals surface area contributed by atoms with Gasteiger partial charge in [-0.05, 0) is 64.6 Å². The second-order valence-corrected chi connectivity index (χ2v) is 6.05. The van der Waals surface area contributed by atoms with E-state index in [0.717, 1.165) is 0 Å². The summed E-state index contributed by atoms with van der Waals surface area (Å²) in [4.78, 5) is 23.0. The standard InChI is InChI=1S/C17H16IN3O5/c1-24-12-5-3-11(4-6-12)16(22)26-15-13(18)7-10(8-14(15)25-2)9-20-21-17(19)23/h3-9H,1-2H3,(H3,19,21,23)/b20-9-. The van der Waals surface area contributed by atoms with Crippen LogP contribution < -0.4 is 25.4 Å². The molecule has 0 spiro atoms. The number of carbonyl (C=O) groups is 2. The fourth-order valence-electron chi connectivity index (χ4n) is 1.96. The highest BCUT2D eigenvalue weighted by Gasteiger charge is 2.16. The zero-order valence-corrected chi connectivity index (χ0v) is 16.1. The zero-order valence-electron chi connectivity index (χ0n) is 14.0. The Hall–Kier alpha value is -2.82. The van der Waals surface area contributed by atoms with Gasteiger partial charge in [0, 0.05) is 0 Å². The second kappa shape index (κ2) is 9.04. The van der Waals surface area contributed by atoms with Gasteiger partial charge in [0.05, 0.1) is 29.6 Å². The molecule has 0 aromatic heterocycles. The number of methoxy groups -OCH3 is 2. The van der Waals surface area contributed by atoms with E-state index < -0.39 is 12.0 Å². The monoisotopic (exact) mass is 469 g/mol. The number of hydrogen-bond donors (Lipinski definition) is 2.